The predicted molar refractivity (Wildman–Crippen MR) is 56.4 cm³/mol. The molecule has 2 rings (SSSR count). The highest BCUT2D eigenvalue weighted by Crippen LogP contribution is 2.27. The summed E-state index contributed by atoms with van der Waals surface area (Å²) in [5, 5.41) is 4.66. The molecule has 1 aromatic carbocycles. The van der Waals surface area contributed by atoms with Crippen molar-refractivity contribution in [1.82, 2.24) is 5.16 Å². The van der Waals surface area contributed by atoms with Crippen LogP contribution < -0.4 is 5.73 Å². The van der Waals surface area contributed by atoms with Crippen molar-refractivity contribution in [2.24, 2.45) is 0 Å². The molecule has 14 heavy (non-hydrogen) atoms. The lowest BCUT2D eigenvalue weighted by Gasteiger charge is -1.97. The summed E-state index contributed by atoms with van der Waals surface area (Å²) in [5.74, 6) is 0.878. The third kappa shape index (κ3) is 1.84. The molecule has 1 aromatic heterocycles. The summed E-state index contributed by atoms with van der Waals surface area (Å²) in [5.41, 5.74) is 6.18. The second-order valence-corrected chi connectivity index (χ2v) is 3.65. The first-order valence-corrected chi connectivity index (χ1v) is 4.59. The smallest absolute Gasteiger partial charge is 0.169 e. The summed E-state index contributed by atoms with van der Waals surface area (Å²) in [6.07, 6.45) is 0. The molecule has 3 nitrogen and oxygen atoms in total. The summed E-state index contributed by atoms with van der Waals surface area (Å²) >= 11 is 11.7. The van der Waals surface area contributed by atoms with Gasteiger partial charge in [0.1, 0.15) is 0 Å². The third-order valence-corrected chi connectivity index (χ3v) is 2.11. The Morgan fingerprint density at radius 3 is 2.21 bits per heavy atom. The van der Waals surface area contributed by atoms with E-state index in [4.69, 9.17) is 33.5 Å². The van der Waals surface area contributed by atoms with E-state index in [1.165, 1.54) is 0 Å². The van der Waals surface area contributed by atoms with E-state index in [-0.39, 0.29) is 0 Å². The van der Waals surface area contributed by atoms with E-state index < -0.39 is 0 Å². The van der Waals surface area contributed by atoms with Crippen LogP contribution in [-0.4, -0.2) is 5.16 Å². The quantitative estimate of drug-likeness (QED) is 0.816. The van der Waals surface area contributed by atoms with Gasteiger partial charge in [0.05, 0.1) is 0 Å². The maximum atomic E-state index is 5.83. The van der Waals surface area contributed by atoms with Crippen molar-refractivity contribution in [2.75, 3.05) is 5.73 Å². The van der Waals surface area contributed by atoms with Crippen LogP contribution in [0.25, 0.3) is 11.3 Å². The van der Waals surface area contributed by atoms with Crippen molar-refractivity contribution in [2.45, 2.75) is 0 Å². The molecule has 0 atom stereocenters. The van der Waals surface area contributed by atoms with Gasteiger partial charge in [0, 0.05) is 21.7 Å². The molecular formula is C9H6Cl2N2O. The van der Waals surface area contributed by atoms with Gasteiger partial charge in [-0.2, -0.15) is 0 Å². The molecule has 5 heteroatoms. The lowest BCUT2D eigenvalue weighted by Crippen LogP contribution is -1.80. The Morgan fingerprint density at radius 1 is 1.07 bits per heavy atom. The number of hydrogen-bond donors (Lipinski definition) is 1. The van der Waals surface area contributed by atoms with Gasteiger partial charge in [0.15, 0.2) is 11.6 Å². The summed E-state index contributed by atoms with van der Waals surface area (Å²) in [7, 11) is 0. The number of nitrogen functional groups attached to an aromatic ring is 1. The predicted octanol–water partition coefficient (Wildman–Crippen LogP) is 3.23. The molecule has 0 saturated carbocycles. The second kappa shape index (κ2) is 3.52. The standard InChI is InChI=1S/C9H6Cl2N2O/c10-6-1-5(2-7(11)3-6)8-4-9(12)13-14-8/h1-4H,(H2,12,13). The molecule has 0 saturated heterocycles. The maximum absolute atomic E-state index is 5.83. The SMILES string of the molecule is Nc1cc(-c2cc(Cl)cc(Cl)c2)on1. The maximum Gasteiger partial charge on any atom is 0.169 e. The van der Waals surface area contributed by atoms with Crippen LogP contribution in [0.5, 0.6) is 0 Å². The van der Waals surface area contributed by atoms with Crippen LogP contribution in [-0.2, 0) is 0 Å². The fourth-order valence-corrected chi connectivity index (χ4v) is 1.65. The molecule has 0 amide bonds. The van der Waals surface area contributed by atoms with Crippen LogP contribution in [0.1, 0.15) is 0 Å². The van der Waals surface area contributed by atoms with Crippen molar-refractivity contribution in [3.8, 4) is 11.3 Å². The van der Waals surface area contributed by atoms with Crippen LogP contribution in [0.15, 0.2) is 28.8 Å². The third-order valence-electron chi connectivity index (χ3n) is 1.68. The molecule has 2 N–H and O–H groups in total. The second-order valence-electron chi connectivity index (χ2n) is 2.77. The van der Waals surface area contributed by atoms with Gasteiger partial charge >= 0.3 is 0 Å². The molecule has 0 unspecified atom stereocenters. The summed E-state index contributed by atoms with van der Waals surface area (Å²) in [4.78, 5) is 0. The molecule has 0 aliphatic rings. The van der Waals surface area contributed by atoms with Crippen LogP contribution in [0.3, 0.4) is 0 Å². The number of anilines is 1. The highest BCUT2D eigenvalue weighted by Gasteiger charge is 2.06. The molecular weight excluding hydrogens is 223 g/mol. The molecule has 0 aliphatic carbocycles. The lowest BCUT2D eigenvalue weighted by atomic mass is 10.2. The summed E-state index contributed by atoms with van der Waals surface area (Å²) < 4.78 is 4.97. The van der Waals surface area contributed by atoms with Gasteiger partial charge in [-0.1, -0.05) is 28.4 Å². The molecule has 0 bridgehead atoms. The number of halogens is 2. The van der Waals surface area contributed by atoms with Crippen molar-refractivity contribution in [3.05, 3.63) is 34.3 Å². The van der Waals surface area contributed by atoms with E-state index in [1.807, 2.05) is 0 Å². The van der Waals surface area contributed by atoms with E-state index in [1.54, 1.807) is 24.3 Å². The Bertz CT molecular complexity index is 447. The highest BCUT2D eigenvalue weighted by molar-refractivity contribution is 6.35. The van der Waals surface area contributed by atoms with Gasteiger partial charge in [-0.25, -0.2) is 0 Å². The van der Waals surface area contributed by atoms with Crippen LogP contribution in [0, 0.1) is 0 Å². The van der Waals surface area contributed by atoms with Crippen LogP contribution in [0.4, 0.5) is 5.82 Å². The van der Waals surface area contributed by atoms with Crippen molar-refractivity contribution in [3.63, 3.8) is 0 Å². The molecule has 0 radical (unpaired) electrons. The molecule has 2 aromatic rings. The Labute approximate surface area is 90.4 Å². The van der Waals surface area contributed by atoms with E-state index in [2.05, 4.69) is 5.16 Å². The first-order chi connectivity index (χ1) is 6.65. The number of nitrogens with zero attached hydrogens (tertiary/aromatic N) is 1. The van der Waals surface area contributed by atoms with Gasteiger partial charge in [-0.3, -0.25) is 0 Å². The molecule has 72 valence electrons. The minimum atomic E-state index is 0.330. The Balaban J connectivity index is 2.51. The van der Waals surface area contributed by atoms with Crippen molar-refractivity contribution in [1.29, 1.82) is 0 Å². The van der Waals surface area contributed by atoms with Crippen LogP contribution >= 0.6 is 23.2 Å². The minimum absolute atomic E-state index is 0.330. The van der Waals surface area contributed by atoms with E-state index in [0.29, 0.717) is 21.6 Å². The number of benzene rings is 1. The minimum Gasteiger partial charge on any atom is -0.381 e. The van der Waals surface area contributed by atoms with E-state index >= 15 is 0 Å². The van der Waals surface area contributed by atoms with Gasteiger partial charge in [0.2, 0.25) is 0 Å². The average molecular weight is 229 g/mol. The zero-order valence-corrected chi connectivity index (χ0v) is 8.51. The summed E-state index contributed by atoms with van der Waals surface area (Å²) in [6, 6.07) is 6.72. The Hall–Kier alpha value is -1.19. The molecule has 0 spiro atoms. The first-order valence-electron chi connectivity index (χ1n) is 3.84. The fraction of sp³-hybridized carbons (Fsp3) is 0. The van der Waals surface area contributed by atoms with Crippen molar-refractivity contribution < 1.29 is 4.52 Å². The van der Waals surface area contributed by atoms with Gasteiger partial charge in [-0.15, -0.1) is 0 Å². The summed E-state index contributed by atoms with van der Waals surface area (Å²) in [6.45, 7) is 0. The Kier molecular flexibility index (Phi) is 2.35. The van der Waals surface area contributed by atoms with Gasteiger partial charge < -0.3 is 10.3 Å². The zero-order valence-electron chi connectivity index (χ0n) is 7.00. The number of hydrogen-bond acceptors (Lipinski definition) is 3. The topological polar surface area (TPSA) is 52.0 Å². The molecule has 0 fully saturated rings. The fourth-order valence-electron chi connectivity index (χ4n) is 1.12. The number of aromatic nitrogens is 1. The molecule has 1 heterocycles. The van der Waals surface area contributed by atoms with E-state index in [9.17, 15) is 0 Å². The zero-order chi connectivity index (χ0) is 10.1. The molecule has 0 aliphatic heterocycles. The van der Waals surface area contributed by atoms with Gasteiger partial charge in [0.25, 0.3) is 0 Å². The monoisotopic (exact) mass is 228 g/mol. The normalized spacial score (nSPS) is 10.4. The Morgan fingerprint density at radius 2 is 1.71 bits per heavy atom. The highest BCUT2D eigenvalue weighted by atomic mass is 35.5. The average Bonchev–Trinajstić information content (AvgIpc) is 2.50. The van der Waals surface area contributed by atoms with E-state index in [0.717, 1.165) is 5.56 Å². The lowest BCUT2D eigenvalue weighted by molar-refractivity contribution is 0.436. The van der Waals surface area contributed by atoms with Crippen LogP contribution in [0.2, 0.25) is 10.0 Å². The van der Waals surface area contributed by atoms with Crippen molar-refractivity contribution >= 4 is 29.0 Å². The largest absolute Gasteiger partial charge is 0.381 e. The van der Waals surface area contributed by atoms with Gasteiger partial charge in [-0.05, 0) is 18.2 Å². The number of rotatable bonds is 1. The first kappa shape index (κ1) is 9.37. The number of nitrogens with two attached hydrogens (primary N) is 1.